The van der Waals surface area contributed by atoms with E-state index in [2.05, 4.69) is 130 Å². The molecular weight excluding hydrogens is 574 g/mol. The van der Waals surface area contributed by atoms with Crippen LogP contribution in [0.15, 0.2) is 88.0 Å². The molecule has 4 aliphatic heterocycles. The number of nitrogens with zero attached hydrogens (tertiary/aromatic N) is 2. The molecule has 6 aliphatic rings. The third-order valence-corrected chi connectivity index (χ3v) is 12.3. The number of fused-ring (bicyclic) bond motifs is 11. The van der Waals surface area contributed by atoms with Gasteiger partial charge in [0.15, 0.2) is 0 Å². The SMILES string of the molecule is CCC[C@H](CC)[C@H]1c2c(ccc3c4c(oc23)NC(C)C=C4)C2N3C4=C(C(C)C)CC(C5C=CC=CC5)C=C4C(C)c4cccc(c43)N21. The molecule has 47 heavy (non-hydrogen) atoms. The van der Waals surface area contributed by atoms with Gasteiger partial charge >= 0.3 is 0 Å². The van der Waals surface area contributed by atoms with Gasteiger partial charge in [0.25, 0.3) is 0 Å². The Kier molecular flexibility index (Phi) is 6.72. The van der Waals surface area contributed by atoms with E-state index in [4.69, 9.17) is 4.42 Å². The molecule has 0 bridgehead atoms. The Bertz CT molecular complexity index is 1930. The van der Waals surface area contributed by atoms with E-state index in [1.54, 1.807) is 11.1 Å². The van der Waals surface area contributed by atoms with Gasteiger partial charge in [0.1, 0.15) is 11.7 Å². The molecule has 2 aliphatic carbocycles. The van der Waals surface area contributed by atoms with Crippen LogP contribution in [0.25, 0.3) is 17.0 Å². The van der Waals surface area contributed by atoms with E-state index in [1.165, 1.54) is 57.6 Å². The van der Waals surface area contributed by atoms with Crippen LogP contribution in [0.3, 0.4) is 0 Å². The Labute approximate surface area is 280 Å². The smallest absolute Gasteiger partial charge is 0.201 e. The zero-order chi connectivity index (χ0) is 32.1. The second-order valence-corrected chi connectivity index (χ2v) is 15.3. The molecule has 242 valence electrons. The van der Waals surface area contributed by atoms with Crippen LogP contribution >= 0.6 is 0 Å². The molecule has 0 saturated heterocycles. The third kappa shape index (κ3) is 4.06. The van der Waals surface area contributed by atoms with Gasteiger partial charge in [-0.05, 0) is 78.7 Å². The Morgan fingerprint density at radius 3 is 2.64 bits per heavy atom. The summed E-state index contributed by atoms with van der Waals surface area (Å²) in [5.41, 5.74) is 14.2. The number of para-hydroxylation sites is 1. The highest BCUT2D eigenvalue weighted by atomic mass is 16.4. The van der Waals surface area contributed by atoms with Crippen molar-refractivity contribution in [2.24, 2.45) is 23.7 Å². The Morgan fingerprint density at radius 1 is 1.00 bits per heavy atom. The zero-order valence-corrected chi connectivity index (χ0v) is 28.9. The van der Waals surface area contributed by atoms with E-state index in [-0.39, 0.29) is 18.2 Å². The maximum absolute atomic E-state index is 6.89. The fourth-order valence-electron chi connectivity index (χ4n) is 10.1. The predicted molar refractivity (Wildman–Crippen MR) is 197 cm³/mol. The summed E-state index contributed by atoms with van der Waals surface area (Å²) in [6.45, 7) is 14.3. The summed E-state index contributed by atoms with van der Waals surface area (Å²) in [6, 6.07) is 12.5. The lowest BCUT2D eigenvalue weighted by molar-refractivity contribution is 0.369. The van der Waals surface area contributed by atoms with Crippen molar-refractivity contribution in [2.75, 3.05) is 15.1 Å². The Morgan fingerprint density at radius 2 is 1.87 bits per heavy atom. The number of furan rings is 1. The molecule has 0 amide bonds. The minimum absolute atomic E-state index is 0.125. The van der Waals surface area contributed by atoms with Crippen molar-refractivity contribution in [1.29, 1.82) is 0 Å². The lowest BCUT2D eigenvalue weighted by Crippen LogP contribution is -2.39. The molecule has 4 heteroatoms. The van der Waals surface area contributed by atoms with Crippen LogP contribution in [0.2, 0.25) is 0 Å². The second-order valence-electron chi connectivity index (χ2n) is 15.3. The summed E-state index contributed by atoms with van der Waals surface area (Å²) in [7, 11) is 0. The van der Waals surface area contributed by atoms with Crippen LogP contribution in [0, 0.1) is 23.7 Å². The lowest BCUT2D eigenvalue weighted by atomic mass is 9.70. The van der Waals surface area contributed by atoms with Gasteiger partial charge in [0.2, 0.25) is 5.88 Å². The van der Waals surface area contributed by atoms with E-state index < -0.39 is 0 Å². The first-order valence-electron chi connectivity index (χ1n) is 18.4. The molecule has 0 spiro atoms. The van der Waals surface area contributed by atoms with Crippen LogP contribution in [-0.4, -0.2) is 6.04 Å². The summed E-state index contributed by atoms with van der Waals surface area (Å²) >= 11 is 0. The Balaban J connectivity index is 1.29. The summed E-state index contributed by atoms with van der Waals surface area (Å²) in [6.07, 6.45) is 22.4. The van der Waals surface area contributed by atoms with E-state index >= 15 is 0 Å². The van der Waals surface area contributed by atoms with E-state index in [9.17, 15) is 0 Å². The van der Waals surface area contributed by atoms with Gasteiger partial charge in [0.05, 0.1) is 17.4 Å². The monoisotopic (exact) mass is 623 g/mol. The van der Waals surface area contributed by atoms with Gasteiger partial charge in [-0.25, -0.2) is 0 Å². The first-order valence-corrected chi connectivity index (χ1v) is 18.4. The Hall–Kier alpha value is -3.92. The van der Waals surface area contributed by atoms with Crippen molar-refractivity contribution in [2.45, 2.75) is 97.8 Å². The normalized spacial score (nSPS) is 28.7. The summed E-state index contributed by atoms with van der Waals surface area (Å²) in [4.78, 5) is 5.65. The molecule has 0 saturated carbocycles. The third-order valence-electron chi connectivity index (χ3n) is 12.3. The first-order chi connectivity index (χ1) is 22.9. The number of hydrogen-bond donors (Lipinski definition) is 1. The number of anilines is 3. The molecule has 5 unspecified atom stereocenters. The van der Waals surface area contributed by atoms with Gasteiger partial charge in [-0.15, -0.1) is 0 Å². The minimum Gasteiger partial charge on any atom is -0.440 e. The van der Waals surface area contributed by atoms with Gasteiger partial charge in [-0.3, -0.25) is 0 Å². The van der Waals surface area contributed by atoms with Crippen molar-refractivity contribution in [1.82, 2.24) is 0 Å². The van der Waals surface area contributed by atoms with Gasteiger partial charge < -0.3 is 19.5 Å². The predicted octanol–water partition coefficient (Wildman–Crippen LogP) is 11.6. The van der Waals surface area contributed by atoms with Crippen LogP contribution in [-0.2, 0) is 0 Å². The quantitative estimate of drug-likeness (QED) is 0.296. The maximum Gasteiger partial charge on any atom is 0.201 e. The van der Waals surface area contributed by atoms with Gasteiger partial charge in [-0.1, -0.05) is 108 Å². The number of hydrogen-bond acceptors (Lipinski definition) is 4. The number of benzene rings is 2. The van der Waals surface area contributed by atoms with Crippen molar-refractivity contribution < 1.29 is 4.42 Å². The van der Waals surface area contributed by atoms with E-state index in [1.807, 2.05) is 0 Å². The second kappa shape index (κ2) is 10.8. The summed E-state index contributed by atoms with van der Waals surface area (Å²) in [5, 5.41) is 4.86. The largest absolute Gasteiger partial charge is 0.440 e. The molecule has 9 rings (SSSR count). The van der Waals surface area contributed by atoms with Crippen LogP contribution in [0.5, 0.6) is 0 Å². The van der Waals surface area contributed by atoms with Crippen molar-refractivity contribution in [3.05, 3.63) is 106 Å². The van der Waals surface area contributed by atoms with Crippen molar-refractivity contribution in [3.63, 3.8) is 0 Å². The topological polar surface area (TPSA) is 31.7 Å². The molecule has 5 heterocycles. The zero-order valence-electron chi connectivity index (χ0n) is 28.9. The number of nitrogens with one attached hydrogen (secondary N) is 1. The van der Waals surface area contributed by atoms with Gasteiger partial charge in [-0.2, -0.15) is 0 Å². The minimum atomic E-state index is 0.125. The fraction of sp³-hybridized carbons (Fsp3) is 0.442. The van der Waals surface area contributed by atoms with Crippen LogP contribution in [0.4, 0.5) is 17.3 Å². The molecule has 1 N–H and O–H groups in total. The highest BCUT2D eigenvalue weighted by Crippen LogP contribution is 2.66. The fourth-order valence-corrected chi connectivity index (χ4v) is 10.1. The lowest BCUT2D eigenvalue weighted by Gasteiger charge is -2.44. The highest BCUT2D eigenvalue weighted by Gasteiger charge is 2.55. The highest BCUT2D eigenvalue weighted by molar-refractivity contribution is 5.99. The van der Waals surface area contributed by atoms with Crippen molar-refractivity contribution >= 4 is 34.3 Å². The number of rotatable bonds is 6. The molecule has 1 aromatic heterocycles. The summed E-state index contributed by atoms with van der Waals surface area (Å²) < 4.78 is 6.89. The molecule has 4 nitrogen and oxygen atoms in total. The first kappa shape index (κ1) is 29.2. The average Bonchev–Trinajstić information content (AvgIpc) is 3.73. The van der Waals surface area contributed by atoms with Crippen molar-refractivity contribution in [3.8, 4) is 0 Å². The molecule has 0 radical (unpaired) electrons. The standard InChI is InChI=1S/C43H49N3O/c1-7-13-27(8-2)38-37-33(21-20-31-32-19-18-25(5)44-42(32)47-41(31)37)43-45(38)36-17-12-16-30-26(6)35-23-29(28-14-10-9-11-15-28)22-34(24(3)4)39(35)46(43)40(30)36/h9-12,14,16-21,23-29,38,43-44H,7-8,13,15,22H2,1-6H3/t25?,26?,27-,28?,29?,38-,43?/m0/s1. The molecule has 7 atom stereocenters. The van der Waals surface area contributed by atoms with Crippen LogP contribution in [0.1, 0.15) is 114 Å². The van der Waals surface area contributed by atoms with E-state index in [0.717, 1.165) is 30.7 Å². The maximum atomic E-state index is 6.89. The number of allylic oxidation sites excluding steroid dienone is 7. The molecular formula is C43H49N3O. The summed E-state index contributed by atoms with van der Waals surface area (Å²) in [5.74, 6) is 3.40. The molecule has 0 fully saturated rings. The van der Waals surface area contributed by atoms with Crippen LogP contribution < -0.4 is 15.1 Å². The molecule has 3 aromatic rings. The average molecular weight is 624 g/mol. The van der Waals surface area contributed by atoms with E-state index in [0.29, 0.717) is 29.6 Å². The molecule has 2 aromatic carbocycles. The van der Waals surface area contributed by atoms with Gasteiger partial charge in [0, 0.05) is 39.7 Å².